The Morgan fingerprint density at radius 3 is 2.75 bits per heavy atom. The van der Waals surface area contributed by atoms with Gasteiger partial charge in [0.2, 0.25) is 0 Å². The largest absolute Gasteiger partial charge is 0.381 e. The molecule has 0 aliphatic carbocycles. The summed E-state index contributed by atoms with van der Waals surface area (Å²) in [5.74, 6) is 0. The Balaban J connectivity index is 2.02. The third kappa shape index (κ3) is 2.67. The van der Waals surface area contributed by atoms with Crippen molar-refractivity contribution >= 4 is 21.6 Å². The maximum Gasteiger partial charge on any atom is 0.0415 e. The second kappa shape index (κ2) is 4.74. The molecule has 1 aromatic carbocycles. The Bertz CT molecular complexity index is 488. The van der Waals surface area contributed by atoms with Crippen LogP contribution in [-0.4, -0.2) is 4.57 Å². The molecule has 84 valence electrons. The van der Waals surface area contributed by atoms with E-state index in [1.54, 1.807) is 0 Å². The highest BCUT2D eigenvalue weighted by atomic mass is 79.9. The summed E-state index contributed by atoms with van der Waals surface area (Å²) in [4.78, 5) is 0. The number of hydrogen-bond acceptors (Lipinski definition) is 1. The number of benzene rings is 1. The molecular formula is C13H15BrN2. The van der Waals surface area contributed by atoms with Gasteiger partial charge in [-0.05, 0) is 36.2 Å². The molecule has 0 saturated heterocycles. The average Bonchev–Trinajstić information content (AvgIpc) is 2.66. The number of nitrogens with one attached hydrogen (secondary N) is 1. The fourth-order valence-electron chi connectivity index (χ4n) is 1.57. The van der Waals surface area contributed by atoms with Crippen LogP contribution in [0.3, 0.4) is 0 Å². The molecule has 0 radical (unpaired) electrons. The zero-order valence-corrected chi connectivity index (χ0v) is 11.1. The van der Waals surface area contributed by atoms with Crippen molar-refractivity contribution in [2.45, 2.75) is 13.5 Å². The number of aryl methyl sites for hydroxylation is 2. The van der Waals surface area contributed by atoms with E-state index >= 15 is 0 Å². The molecule has 0 amide bonds. The van der Waals surface area contributed by atoms with Crippen LogP contribution < -0.4 is 5.32 Å². The SMILES string of the molecule is Cc1ccc(NCc2ccn(C)c2)cc1Br. The Labute approximate surface area is 104 Å². The van der Waals surface area contributed by atoms with Crippen LogP contribution in [0.25, 0.3) is 0 Å². The zero-order valence-electron chi connectivity index (χ0n) is 9.50. The number of aromatic nitrogens is 1. The molecule has 2 nitrogen and oxygen atoms in total. The average molecular weight is 279 g/mol. The van der Waals surface area contributed by atoms with Crippen molar-refractivity contribution in [3.05, 3.63) is 52.3 Å². The third-order valence-electron chi connectivity index (χ3n) is 2.56. The van der Waals surface area contributed by atoms with Crippen molar-refractivity contribution in [1.29, 1.82) is 0 Å². The van der Waals surface area contributed by atoms with E-state index in [1.165, 1.54) is 11.1 Å². The van der Waals surface area contributed by atoms with Crippen LogP contribution in [0.4, 0.5) is 5.69 Å². The van der Waals surface area contributed by atoms with Gasteiger partial charge in [-0.15, -0.1) is 0 Å². The molecule has 1 N–H and O–H groups in total. The van der Waals surface area contributed by atoms with Crippen molar-refractivity contribution in [1.82, 2.24) is 4.57 Å². The summed E-state index contributed by atoms with van der Waals surface area (Å²) in [5, 5.41) is 3.40. The van der Waals surface area contributed by atoms with Gasteiger partial charge in [-0.3, -0.25) is 0 Å². The molecule has 0 aliphatic heterocycles. The van der Waals surface area contributed by atoms with Crippen molar-refractivity contribution in [3.63, 3.8) is 0 Å². The fourth-order valence-corrected chi connectivity index (χ4v) is 1.95. The lowest BCUT2D eigenvalue weighted by Crippen LogP contribution is -1.98. The molecule has 16 heavy (non-hydrogen) atoms. The van der Waals surface area contributed by atoms with E-state index in [1.807, 2.05) is 7.05 Å². The van der Waals surface area contributed by atoms with Gasteiger partial charge in [0.05, 0.1) is 0 Å². The van der Waals surface area contributed by atoms with Crippen molar-refractivity contribution in [3.8, 4) is 0 Å². The van der Waals surface area contributed by atoms with Crippen LogP contribution in [0.2, 0.25) is 0 Å². The van der Waals surface area contributed by atoms with E-state index in [-0.39, 0.29) is 0 Å². The number of hydrogen-bond donors (Lipinski definition) is 1. The van der Waals surface area contributed by atoms with Gasteiger partial charge < -0.3 is 9.88 Å². The first-order valence-electron chi connectivity index (χ1n) is 5.26. The predicted molar refractivity (Wildman–Crippen MR) is 71.6 cm³/mol. The summed E-state index contributed by atoms with van der Waals surface area (Å²) in [7, 11) is 2.03. The van der Waals surface area contributed by atoms with Gasteiger partial charge in [0.25, 0.3) is 0 Å². The molecule has 0 fully saturated rings. The summed E-state index contributed by atoms with van der Waals surface area (Å²) in [6, 6.07) is 8.44. The zero-order chi connectivity index (χ0) is 11.5. The van der Waals surface area contributed by atoms with Crippen molar-refractivity contribution in [2.75, 3.05) is 5.32 Å². The molecule has 3 heteroatoms. The smallest absolute Gasteiger partial charge is 0.0415 e. The quantitative estimate of drug-likeness (QED) is 0.906. The molecular weight excluding hydrogens is 264 g/mol. The minimum Gasteiger partial charge on any atom is -0.381 e. The summed E-state index contributed by atoms with van der Waals surface area (Å²) in [5.41, 5.74) is 3.69. The van der Waals surface area contributed by atoms with Crippen LogP contribution in [-0.2, 0) is 13.6 Å². The summed E-state index contributed by atoms with van der Waals surface area (Å²) in [6.07, 6.45) is 4.18. The number of nitrogens with zero attached hydrogens (tertiary/aromatic N) is 1. The molecule has 0 unspecified atom stereocenters. The molecule has 0 spiro atoms. The van der Waals surface area contributed by atoms with E-state index < -0.39 is 0 Å². The van der Waals surface area contributed by atoms with Crippen molar-refractivity contribution < 1.29 is 0 Å². The maximum absolute atomic E-state index is 3.53. The summed E-state index contributed by atoms with van der Waals surface area (Å²) < 4.78 is 3.20. The van der Waals surface area contributed by atoms with Crippen LogP contribution in [0.15, 0.2) is 41.1 Å². The van der Waals surface area contributed by atoms with E-state index in [2.05, 4.69) is 69.4 Å². The second-order valence-corrected chi connectivity index (χ2v) is 4.86. The third-order valence-corrected chi connectivity index (χ3v) is 3.42. The van der Waals surface area contributed by atoms with E-state index in [0.29, 0.717) is 0 Å². The highest BCUT2D eigenvalue weighted by Crippen LogP contribution is 2.21. The van der Waals surface area contributed by atoms with E-state index in [9.17, 15) is 0 Å². The van der Waals surface area contributed by atoms with Crippen LogP contribution >= 0.6 is 15.9 Å². The van der Waals surface area contributed by atoms with Crippen LogP contribution in [0.5, 0.6) is 0 Å². The van der Waals surface area contributed by atoms with E-state index in [0.717, 1.165) is 16.7 Å². The fraction of sp³-hybridized carbons (Fsp3) is 0.231. The molecule has 0 atom stereocenters. The lowest BCUT2D eigenvalue weighted by Gasteiger charge is -2.06. The summed E-state index contributed by atoms with van der Waals surface area (Å²) >= 11 is 3.53. The van der Waals surface area contributed by atoms with Gasteiger partial charge in [-0.25, -0.2) is 0 Å². The van der Waals surface area contributed by atoms with Gasteiger partial charge in [-0.1, -0.05) is 22.0 Å². The van der Waals surface area contributed by atoms with Gasteiger partial charge in [-0.2, -0.15) is 0 Å². The first kappa shape index (κ1) is 11.3. The summed E-state index contributed by atoms with van der Waals surface area (Å²) in [6.45, 7) is 2.95. The molecule has 2 aromatic rings. The lowest BCUT2D eigenvalue weighted by molar-refractivity contribution is 0.920. The second-order valence-electron chi connectivity index (χ2n) is 4.00. The maximum atomic E-state index is 3.53. The molecule has 0 aliphatic rings. The Morgan fingerprint density at radius 2 is 2.12 bits per heavy atom. The Morgan fingerprint density at radius 1 is 1.31 bits per heavy atom. The molecule has 1 aromatic heterocycles. The number of halogens is 1. The minimum atomic E-state index is 0.857. The topological polar surface area (TPSA) is 17.0 Å². The number of anilines is 1. The highest BCUT2D eigenvalue weighted by Gasteiger charge is 1.98. The van der Waals surface area contributed by atoms with Crippen LogP contribution in [0, 0.1) is 6.92 Å². The first-order chi connectivity index (χ1) is 7.65. The highest BCUT2D eigenvalue weighted by molar-refractivity contribution is 9.10. The molecule has 2 rings (SSSR count). The standard InChI is InChI=1S/C13H15BrN2/c1-10-3-4-12(7-13(10)14)15-8-11-5-6-16(2)9-11/h3-7,9,15H,8H2,1-2H3. The molecule has 0 saturated carbocycles. The molecule has 0 bridgehead atoms. The van der Waals surface area contributed by atoms with Gasteiger partial charge in [0, 0.05) is 36.1 Å². The van der Waals surface area contributed by atoms with E-state index in [4.69, 9.17) is 0 Å². The Hall–Kier alpha value is -1.22. The van der Waals surface area contributed by atoms with Gasteiger partial charge >= 0.3 is 0 Å². The van der Waals surface area contributed by atoms with Gasteiger partial charge in [0.1, 0.15) is 0 Å². The Kier molecular flexibility index (Phi) is 3.34. The lowest BCUT2D eigenvalue weighted by atomic mass is 10.2. The number of rotatable bonds is 3. The molecule has 1 heterocycles. The minimum absolute atomic E-state index is 0.857. The monoisotopic (exact) mass is 278 g/mol. The van der Waals surface area contributed by atoms with Crippen LogP contribution in [0.1, 0.15) is 11.1 Å². The van der Waals surface area contributed by atoms with Gasteiger partial charge in [0.15, 0.2) is 0 Å². The first-order valence-corrected chi connectivity index (χ1v) is 6.05. The normalized spacial score (nSPS) is 10.4. The van der Waals surface area contributed by atoms with Crippen molar-refractivity contribution in [2.24, 2.45) is 7.05 Å². The predicted octanol–water partition coefficient (Wildman–Crippen LogP) is 3.71.